The first kappa shape index (κ1) is 13.5. The topological polar surface area (TPSA) is 109 Å². The standard InChI is InChI=1S/C12H12N4O4/c17-10-3-5-16(12(19)14-10)6-4-11(18)15-13-8-9-2-1-7-20-9/h1-3,5,7-8H,4,6H2,(H,15,18)(H,14,17,19)/b13-8+. The summed E-state index contributed by atoms with van der Waals surface area (Å²) in [7, 11) is 0. The van der Waals surface area contributed by atoms with Crippen LogP contribution in [0.15, 0.2) is 49.8 Å². The smallest absolute Gasteiger partial charge is 0.328 e. The van der Waals surface area contributed by atoms with E-state index in [-0.39, 0.29) is 18.9 Å². The number of rotatable bonds is 5. The zero-order chi connectivity index (χ0) is 14.4. The largest absolute Gasteiger partial charge is 0.463 e. The van der Waals surface area contributed by atoms with Crippen LogP contribution in [0.4, 0.5) is 0 Å². The highest BCUT2D eigenvalue weighted by molar-refractivity contribution is 5.80. The molecule has 0 aliphatic rings. The SMILES string of the molecule is O=C(CCn1ccc(=O)[nH]c1=O)N/N=C/c1ccco1. The second-order valence-electron chi connectivity index (χ2n) is 3.86. The molecular formula is C12H12N4O4. The van der Waals surface area contributed by atoms with Gasteiger partial charge in [0.15, 0.2) is 0 Å². The fourth-order valence-electron chi connectivity index (χ4n) is 1.43. The van der Waals surface area contributed by atoms with Crippen molar-refractivity contribution < 1.29 is 9.21 Å². The number of aryl methyl sites for hydroxylation is 1. The van der Waals surface area contributed by atoms with Crippen molar-refractivity contribution >= 4 is 12.1 Å². The molecule has 8 nitrogen and oxygen atoms in total. The molecule has 0 fully saturated rings. The predicted molar refractivity (Wildman–Crippen MR) is 70.4 cm³/mol. The molecule has 0 aliphatic carbocycles. The first-order valence-electron chi connectivity index (χ1n) is 5.80. The number of hydrogen-bond acceptors (Lipinski definition) is 5. The Kier molecular flexibility index (Phi) is 4.28. The third-order valence-corrected chi connectivity index (χ3v) is 2.40. The van der Waals surface area contributed by atoms with E-state index in [0.29, 0.717) is 5.76 Å². The van der Waals surface area contributed by atoms with Crippen molar-refractivity contribution in [2.45, 2.75) is 13.0 Å². The maximum absolute atomic E-state index is 11.5. The van der Waals surface area contributed by atoms with Crippen molar-refractivity contribution in [1.29, 1.82) is 0 Å². The number of nitrogens with zero attached hydrogens (tertiary/aromatic N) is 2. The minimum atomic E-state index is -0.551. The number of carbonyl (C=O) groups excluding carboxylic acids is 1. The van der Waals surface area contributed by atoms with Gasteiger partial charge in [0.2, 0.25) is 5.91 Å². The summed E-state index contributed by atoms with van der Waals surface area (Å²) in [6, 6.07) is 4.61. The molecule has 104 valence electrons. The quantitative estimate of drug-likeness (QED) is 0.575. The maximum atomic E-state index is 11.5. The van der Waals surface area contributed by atoms with Gasteiger partial charge < -0.3 is 8.98 Å². The van der Waals surface area contributed by atoms with Crippen molar-refractivity contribution in [3.63, 3.8) is 0 Å². The fraction of sp³-hybridized carbons (Fsp3) is 0.167. The number of amides is 1. The number of hydrazone groups is 1. The van der Waals surface area contributed by atoms with E-state index in [9.17, 15) is 14.4 Å². The minimum Gasteiger partial charge on any atom is -0.463 e. The fourth-order valence-corrected chi connectivity index (χ4v) is 1.43. The highest BCUT2D eigenvalue weighted by Crippen LogP contribution is 1.94. The highest BCUT2D eigenvalue weighted by Gasteiger charge is 2.02. The van der Waals surface area contributed by atoms with E-state index in [1.54, 1.807) is 12.1 Å². The van der Waals surface area contributed by atoms with Gasteiger partial charge in [-0.25, -0.2) is 10.2 Å². The van der Waals surface area contributed by atoms with E-state index in [1.165, 1.54) is 29.3 Å². The van der Waals surface area contributed by atoms with Gasteiger partial charge in [-0.1, -0.05) is 0 Å². The summed E-state index contributed by atoms with van der Waals surface area (Å²) in [5.41, 5.74) is 1.28. The molecule has 20 heavy (non-hydrogen) atoms. The van der Waals surface area contributed by atoms with Gasteiger partial charge in [-0.3, -0.25) is 14.6 Å². The normalized spacial score (nSPS) is 10.8. The van der Waals surface area contributed by atoms with E-state index in [0.717, 1.165) is 0 Å². The third-order valence-electron chi connectivity index (χ3n) is 2.40. The average Bonchev–Trinajstić information content (AvgIpc) is 2.91. The van der Waals surface area contributed by atoms with Crippen molar-refractivity contribution in [2.24, 2.45) is 5.10 Å². The molecule has 0 aromatic carbocycles. The van der Waals surface area contributed by atoms with Crippen LogP contribution in [0.2, 0.25) is 0 Å². The van der Waals surface area contributed by atoms with Crippen molar-refractivity contribution in [3.8, 4) is 0 Å². The second-order valence-corrected chi connectivity index (χ2v) is 3.86. The maximum Gasteiger partial charge on any atom is 0.328 e. The summed E-state index contributed by atoms with van der Waals surface area (Å²) in [5.74, 6) is 0.160. The van der Waals surface area contributed by atoms with E-state index in [2.05, 4.69) is 15.5 Å². The Balaban J connectivity index is 1.83. The molecular weight excluding hydrogens is 264 g/mol. The number of hydrogen-bond donors (Lipinski definition) is 2. The first-order chi connectivity index (χ1) is 9.65. The summed E-state index contributed by atoms with van der Waals surface area (Å²) < 4.78 is 6.23. The van der Waals surface area contributed by atoms with Crippen LogP contribution < -0.4 is 16.7 Å². The van der Waals surface area contributed by atoms with Gasteiger partial charge in [-0.2, -0.15) is 5.10 Å². The van der Waals surface area contributed by atoms with E-state index in [4.69, 9.17) is 4.42 Å². The Bertz CT molecular complexity index is 712. The molecule has 2 rings (SSSR count). The molecule has 0 atom stereocenters. The minimum absolute atomic E-state index is 0.0570. The average molecular weight is 276 g/mol. The number of aromatic amines is 1. The van der Waals surface area contributed by atoms with Crippen LogP contribution in [0.1, 0.15) is 12.2 Å². The van der Waals surface area contributed by atoms with E-state index in [1.807, 2.05) is 0 Å². The lowest BCUT2D eigenvalue weighted by Crippen LogP contribution is -2.30. The number of aromatic nitrogens is 2. The summed E-state index contributed by atoms with van der Waals surface area (Å²) in [6.07, 6.45) is 4.25. The molecule has 2 aromatic rings. The van der Waals surface area contributed by atoms with Gasteiger partial charge in [0.05, 0.1) is 12.5 Å². The molecule has 0 bridgehead atoms. The van der Waals surface area contributed by atoms with Crippen LogP contribution in [-0.4, -0.2) is 21.7 Å². The lowest BCUT2D eigenvalue weighted by Gasteiger charge is -2.02. The number of nitrogens with one attached hydrogen (secondary N) is 2. The van der Waals surface area contributed by atoms with Gasteiger partial charge in [-0.05, 0) is 12.1 Å². The van der Waals surface area contributed by atoms with Crippen molar-refractivity contribution in [2.75, 3.05) is 0 Å². The zero-order valence-corrected chi connectivity index (χ0v) is 10.4. The Morgan fingerprint density at radius 1 is 1.45 bits per heavy atom. The second kappa shape index (κ2) is 6.32. The van der Waals surface area contributed by atoms with E-state index < -0.39 is 11.2 Å². The number of carbonyl (C=O) groups is 1. The molecule has 0 unspecified atom stereocenters. The van der Waals surface area contributed by atoms with Gasteiger partial charge in [0.25, 0.3) is 5.56 Å². The predicted octanol–water partition coefficient (Wildman–Crippen LogP) is -0.330. The van der Waals surface area contributed by atoms with Crippen LogP contribution >= 0.6 is 0 Å². The molecule has 0 radical (unpaired) electrons. The van der Waals surface area contributed by atoms with Crippen LogP contribution in [0.5, 0.6) is 0 Å². The molecule has 2 heterocycles. The van der Waals surface area contributed by atoms with Crippen molar-refractivity contribution in [1.82, 2.24) is 15.0 Å². The van der Waals surface area contributed by atoms with Gasteiger partial charge in [-0.15, -0.1) is 0 Å². The number of H-pyrrole nitrogens is 1. The van der Waals surface area contributed by atoms with Crippen LogP contribution in [-0.2, 0) is 11.3 Å². The van der Waals surface area contributed by atoms with Gasteiger partial charge >= 0.3 is 5.69 Å². The summed E-state index contributed by atoms with van der Waals surface area (Å²) in [6.45, 7) is 0.151. The van der Waals surface area contributed by atoms with Crippen LogP contribution in [0, 0.1) is 0 Å². The third kappa shape index (κ3) is 3.80. The van der Waals surface area contributed by atoms with Gasteiger partial charge in [0, 0.05) is 25.2 Å². The summed E-state index contributed by atoms with van der Waals surface area (Å²) in [5, 5.41) is 3.70. The Hall–Kier alpha value is -2.90. The molecule has 2 N–H and O–H groups in total. The molecule has 0 saturated heterocycles. The summed E-state index contributed by atoms with van der Waals surface area (Å²) >= 11 is 0. The van der Waals surface area contributed by atoms with E-state index >= 15 is 0 Å². The summed E-state index contributed by atoms with van der Waals surface area (Å²) in [4.78, 5) is 35.8. The molecule has 1 amide bonds. The Labute approximate surface area is 112 Å². The Morgan fingerprint density at radius 3 is 3.00 bits per heavy atom. The molecule has 0 spiro atoms. The number of furan rings is 1. The zero-order valence-electron chi connectivity index (χ0n) is 10.4. The lowest BCUT2D eigenvalue weighted by atomic mass is 10.4. The Morgan fingerprint density at radius 2 is 2.30 bits per heavy atom. The first-order valence-corrected chi connectivity index (χ1v) is 5.80. The lowest BCUT2D eigenvalue weighted by molar-refractivity contribution is -0.121. The molecule has 8 heteroatoms. The monoisotopic (exact) mass is 276 g/mol. The molecule has 0 saturated carbocycles. The molecule has 0 aliphatic heterocycles. The van der Waals surface area contributed by atoms with Crippen LogP contribution in [0.25, 0.3) is 0 Å². The highest BCUT2D eigenvalue weighted by atomic mass is 16.3. The molecule has 2 aromatic heterocycles. The van der Waals surface area contributed by atoms with Crippen molar-refractivity contribution in [3.05, 3.63) is 57.3 Å². The van der Waals surface area contributed by atoms with Gasteiger partial charge in [0.1, 0.15) is 5.76 Å². The van der Waals surface area contributed by atoms with Crippen LogP contribution in [0.3, 0.4) is 0 Å².